The van der Waals surface area contributed by atoms with Gasteiger partial charge in [0.2, 0.25) is 0 Å². The number of hydrogen-bond acceptors (Lipinski definition) is 4. The fraction of sp³-hybridized carbons (Fsp3) is 0.636. The van der Waals surface area contributed by atoms with Crippen LogP contribution in [0.15, 0.2) is 18.2 Å². The first-order valence-electron chi connectivity index (χ1n) is 10.1. The van der Waals surface area contributed by atoms with Crippen LogP contribution < -0.4 is 0 Å². The summed E-state index contributed by atoms with van der Waals surface area (Å²) in [5, 5.41) is 17.6. The predicted octanol–water partition coefficient (Wildman–Crippen LogP) is 4.07. The van der Waals surface area contributed by atoms with Crippen molar-refractivity contribution in [1.82, 2.24) is 0 Å². The van der Waals surface area contributed by atoms with Gasteiger partial charge < -0.3 is 14.9 Å². The van der Waals surface area contributed by atoms with Gasteiger partial charge in [-0.3, -0.25) is 9.59 Å². The van der Waals surface area contributed by atoms with Gasteiger partial charge >= 0.3 is 11.9 Å². The van der Waals surface area contributed by atoms with E-state index in [2.05, 4.69) is 18.2 Å². The lowest BCUT2D eigenvalue weighted by Gasteiger charge is -2.15. The number of aryl methyl sites for hydroxylation is 2. The van der Waals surface area contributed by atoms with Crippen LogP contribution in [-0.2, 0) is 33.6 Å². The van der Waals surface area contributed by atoms with Crippen molar-refractivity contribution < 1.29 is 24.5 Å². The zero-order valence-corrected chi connectivity index (χ0v) is 16.5. The number of aliphatic hydroxyl groups is 1. The molecule has 0 heterocycles. The lowest BCUT2D eigenvalue weighted by atomic mass is 9.91. The van der Waals surface area contributed by atoms with Crippen LogP contribution in [0, 0.1) is 0 Å². The first-order valence-corrected chi connectivity index (χ1v) is 10.1. The molecule has 1 rings (SSSR count). The summed E-state index contributed by atoms with van der Waals surface area (Å²) in [4.78, 5) is 22.2. The van der Waals surface area contributed by atoms with E-state index in [0.29, 0.717) is 19.3 Å². The van der Waals surface area contributed by atoms with E-state index in [4.69, 9.17) is 14.9 Å². The molecule has 27 heavy (non-hydrogen) atoms. The number of ether oxygens (including phenoxy) is 1. The Bertz CT molecular complexity index is 568. The van der Waals surface area contributed by atoms with Crippen LogP contribution in [0.5, 0.6) is 0 Å². The average molecular weight is 379 g/mol. The molecule has 5 heteroatoms. The van der Waals surface area contributed by atoms with Gasteiger partial charge in [-0.25, -0.2) is 0 Å². The Labute approximate surface area is 162 Å². The second-order valence-electron chi connectivity index (χ2n) is 6.97. The third-order valence-electron chi connectivity index (χ3n) is 4.87. The molecular formula is C22H34O5. The van der Waals surface area contributed by atoms with Crippen molar-refractivity contribution in [2.24, 2.45) is 0 Å². The minimum absolute atomic E-state index is 0.194. The van der Waals surface area contributed by atoms with E-state index >= 15 is 0 Å². The van der Waals surface area contributed by atoms with Crippen LogP contribution in [0.2, 0.25) is 0 Å². The topological polar surface area (TPSA) is 83.8 Å². The van der Waals surface area contributed by atoms with Crippen molar-refractivity contribution in [2.45, 2.75) is 77.0 Å². The average Bonchev–Trinajstić information content (AvgIpc) is 2.66. The number of methoxy groups -OCH3 is 1. The van der Waals surface area contributed by atoms with E-state index < -0.39 is 5.97 Å². The minimum Gasteiger partial charge on any atom is -0.481 e. The molecule has 0 aliphatic heterocycles. The Morgan fingerprint density at radius 2 is 1.44 bits per heavy atom. The van der Waals surface area contributed by atoms with Gasteiger partial charge in [0, 0.05) is 19.4 Å². The standard InChI is InChI=1S/C22H34O5/c1-27-22(26)16-15-20-18(10-5-2-3-8-17-23)12-9-13-19(20)11-6-4-7-14-21(24)25/h9,12-13,23H,2-8,10-11,14-17H2,1H3,(H,24,25). The highest BCUT2D eigenvalue weighted by atomic mass is 16.5. The number of aliphatic hydroxyl groups excluding tert-OH is 1. The summed E-state index contributed by atoms with van der Waals surface area (Å²) in [5.74, 6) is -0.933. The number of carbonyl (C=O) groups is 2. The van der Waals surface area contributed by atoms with Gasteiger partial charge in [-0.15, -0.1) is 0 Å². The highest BCUT2D eigenvalue weighted by molar-refractivity contribution is 5.69. The fourth-order valence-electron chi connectivity index (χ4n) is 3.36. The highest BCUT2D eigenvalue weighted by Gasteiger charge is 2.11. The molecule has 5 nitrogen and oxygen atoms in total. The van der Waals surface area contributed by atoms with Gasteiger partial charge in [0.1, 0.15) is 0 Å². The van der Waals surface area contributed by atoms with Crippen LogP contribution in [0.3, 0.4) is 0 Å². The van der Waals surface area contributed by atoms with E-state index in [9.17, 15) is 9.59 Å². The number of esters is 1. The SMILES string of the molecule is COC(=O)CCc1c(CCCCCCO)cccc1CCCCCC(=O)O. The first kappa shape index (κ1) is 23.2. The first-order chi connectivity index (χ1) is 13.1. The van der Waals surface area contributed by atoms with Gasteiger partial charge in [-0.05, 0) is 61.6 Å². The largest absolute Gasteiger partial charge is 0.481 e. The molecule has 1 aromatic rings. The summed E-state index contributed by atoms with van der Waals surface area (Å²) < 4.78 is 4.79. The number of benzene rings is 1. The molecule has 0 aliphatic rings. The van der Waals surface area contributed by atoms with E-state index in [1.54, 1.807) is 0 Å². The van der Waals surface area contributed by atoms with Gasteiger partial charge in [0.15, 0.2) is 0 Å². The molecule has 0 aliphatic carbocycles. The summed E-state index contributed by atoms with van der Waals surface area (Å²) in [6.45, 7) is 0.252. The second-order valence-corrected chi connectivity index (χ2v) is 6.97. The Kier molecular flexibility index (Phi) is 12.2. The predicted molar refractivity (Wildman–Crippen MR) is 106 cm³/mol. The molecule has 2 N–H and O–H groups in total. The smallest absolute Gasteiger partial charge is 0.305 e. The zero-order valence-electron chi connectivity index (χ0n) is 16.5. The molecule has 0 saturated heterocycles. The van der Waals surface area contributed by atoms with Crippen LogP contribution in [0.25, 0.3) is 0 Å². The Morgan fingerprint density at radius 3 is 2.00 bits per heavy atom. The zero-order chi connectivity index (χ0) is 19.9. The molecule has 0 unspecified atom stereocenters. The third kappa shape index (κ3) is 10.1. The normalized spacial score (nSPS) is 10.7. The molecule has 152 valence electrons. The Morgan fingerprint density at radius 1 is 0.852 bits per heavy atom. The van der Waals surface area contributed by atoms with Crippen molar-refractivity contribution in [3.05, 3.63) is 34.9 Å². The number of unbranched alkanes of at least 4 members (excludes halogenated alkanes) is 5. The molecule has 0 saturated carbocycles. The lowest BCUT2D eigenvalue weighted by Crippen LogP contribution is -2.07. The molecular weight excluding hydrogens is 344 g/mol. The maximum Gasteiger partial charge on any atom is 0.305 e. The number of carboxylic acids is 1. The summed E-state index contributed by atoms with van der Waals surface area (Å²) in [7, 11) is 1.42. The van der Waals surface area contributed by atoms with Crippen LogP contribution in [-0.4, -0.2) is 35.9 Å². The lowest BCUT2D eigenvalue weighted by molar-refractivity contribution is -0.140. The van der Waals surface area contributed by atoms with Crippen molar-refractivity contribution >= 4 is 11.9 Å². The van der Waals surface area contributed by atoms with E-state index in [1.165, 1.54) is 23.8 Å². The van der Waals surface area contributed by atoms with E-state index in [1.807, 2.05) is 0 Å². The number of hydrogen-bond donors (Lipinski definition) is 2. The Balaban J connectivity index is 2.69. The molecule has 0 atom stereocenters. The maximum absolute atomic E-state index is 11.6. The summed E-state index contributed by atoms with van der Waals surface area (Å²) in [6.07, 6.45) is 9.80. The molecule has 0 spiro atoms. The van der Waals surface area contributed by atoms with Crippen molar-refractivity contribution in [2.75, 3.05) is 13.7 Å². The fourth-order valence-corrected chi connectivity index (χ4v) is 3.36. The minimum atomic E-state index is -0.739. The number of carbonyl (C=O) groups excluding carboxylic acids is 1. The quantitative estimate of drug-likeness (QED) is 0.355. The molecule has 1 aromatic carbocycles. The number of aliphatic carboxylic acids is 1. The summed E-state index contributed by atoms with van der Waals surface area (Å²) in [5.41, 5.74) is 3.82. The summed E-state index contributed by atoms with van der Waals surface area (Å²) in [6, 6.07) is 6.35. The van der Waals surface area contributed by atoms with Crippen LogP contribution in [0.1, 0.15) is 74.5 Å². The molecule has 0 bridgehead atoms. The summed E-state index contributed by atoms with van der Waals surface area (Å²) >= 11 is 0. The van der Waals surface area contributed by atoms with Crippen LogP contribution >= 0.6 is 0 Å². The van der Waals surface area contributed by atoms with Crippen LogP contribution in [0.4, 0.5) is 0 Å². The Hall–Kier alpha value is -1.88. The second kappa shape index (κ2) is 14.2. The van der Waals surface area contributed by atoms with Crippen molar-refractivity contribution in [1.29, 1.82) is 0 Å². The van der Waals surface area contributed by atoms with Gasteiger partial charge in [0.25, 0.3) is 0 Å². The van der Waals surface area contributed by atoms with Gasteiger partial charge in [0.05, 0.1) is 7.11 Å². The molecule has 0 amide bonds. The third-order valence-corrected chi connectivity index (χ3v) is 4.87. The number of carboxylic acid groups (broad SMARTS) is 1. The molecule has 0 radical (unpaired) electrons. The highest BCUT2D eigenvalue weighted by Crippen LogP contribution is 2.22. The number of rotatable bonds is 15. The van der Waals surface area contributed by atoms with Gasteiger partial charge in [-0.2, -0.15) is 0 Å². The van der Waals surface area contributed by atoms with Crippen molar-refractivity contribution in [3.8, 4) is 0 Å². The molecule has 0 fully saturated rings. The molecule has 0 aromatic heterocycles. The van der Waals surface area contributed by atoms with E-state index in [-0.39, 0.29) is 19.0 Å². The monoisotopic (exact) mass is 378 g/mol. The van der Waals surface area contributed by atoms with Gasteiger partial charge in [-0.1, -0.05) is 37.5 Å². The maximum atomic E-state index is 11.6. The van der Waals surface area contributed by atoms with Crippen molar-refractivity contribution in [3.63, 3.8) is 0 Å². The van der Waals surface area contributed by atoms with E-state index in [0.717, 1.165) is 51.4 Å².